The Kier molecular flexibility index (Phi) is 12.3. The van der Waals surface area contributed by atoms with Crippen molar-refractivity contribution in [2.24, 2.45) is 0 Å². The van der Waals surface area contributed by atoms with Crippen LogP contribution in [0.3, 0.4) is 0 Å². The van der Waals surface area contributed by atoms with Gasteiger partial charge in [-0.25, -0.2) is 0 Å². The minimum Gasteiger partial charge on any atom is -0.407 e. The molecule has 0 bridgehead atoms. The van der Waals surface area contributed by atoms with Crippen molar-refractivity contribution in [1.82, 2.24) is 0 Å². The molecule has 0 amide bonds. The smallest absolute Gasteiger partial charge is 0.192 e. The molecular formula is C23H46O4S2Si2. The lowest BCUT2D eigenvalue weighted by molar-refractivity contribution is -0.157. The minimum absolute atomic E-state index is 0.157. The molecule has 31 heavy (non-hydrogen) atoms. The number of hydrogen-bond acceptors (Lipinski definition) is 6. The summed E-state index contributed by atoms with van der Waals surface area (Å²) in [7, 11) is -3.63. The second-order valence-electron chi connectivity index (χ2n) is 9.63. The van der Waals surface area contributed by atoms with E-state index >= 15 is 0 Å². The predicted molar refractivity (Wildman–Crippen MR) is 143 cm³/mol. The first kappa shape index (κ1) is 29.6. The maximum absolute atomic E-state index is 11.3. The van der Waals surface area contributed by atoms with Crippen molar-refractivity contribution in [3.05, 3.63) is 0 Å². The Morgan fingerprint density at radius 2 is 1.42 bits per heavy atom. The second kappa shape index (κ2) is 12.8. The van der Waals surface area contributed by atoms with E-state index in [1.54, 1.807) is 0 Å². The van der Waals surface area contributed by atoms with Crippen molar-refractivity contribution < 1.29 is 19.0 Å². The van der Waals surface area contributed by atoms with Crippen molar-refractivity contribution in [3.8, 4) is 11.5 Å². The van der Waals surface area contributed by atoms with Crippen molar-refractivity contribution in [1.29, 1.82) is 0 Å². The maximum atomic E-state index is 11.3. The largest absolute Gasteiger partial charge is 0.407 e. The zero-order valence-electron chi connectivity index (χ0n) is 21.4. The highest BCUT2D eigenvalue weighted by Gasteiger charge is 2.52. The second-order valence-corrected chi connectivity index (χ2v) is 22.2. The summed E-state index contributed by atoms with van der Waals surface area (Å²) in [6.45, 7) is 21.5. The molecule has 1 N–H and O–H groups in total. The van der Waals surface area contributed by atoms with E-state index in [0.29, 0.717) is 0 Å². The molecule has 1 rings (SSSR count). The van der Waals surface area contributed by atoms with E-state index in [4.69, 9.17) is 13.9 Å². The van der Waals surface area contributed by atoms with Crippen LogP contribution in [0.5, 0.6) is 0 Å². The van der Waals surface area contributed by atoms with E-state index in [1.807, 2.05) is 37.4 Å². The Bertz CT molecular complexity index is 582. The molecule has 0 spiro atoms. The minimum atomic E-state index is -2.00. The normalized spacial score (nSPS) is 23.5. The first-order chi connectivity index (χ1) is 14.4. The van der Waals surface area contributed by atoms with Gasteiger partial charge in [-0.2, -0.15) is 0 Å². The Morgan fingerprint density at radius 3 is 1.84 bits per heavy atom. The zero-order valence-corrected chi connectivity index (χ0v) is 25.0. The molecule has 1 saturated heterocycles. The number of aliphatic hydroxyl groups is 1. The third kappa shape index (κ3) is 9.01. The van der Waals surface area contributed by atoms with Gasteiger partial charge in [-0.05, 0) is 43.5 Å². The van der Waals surface area contributed by atoms with Crippen LogP contribution in [0.1, 0.15) is 48.5 Å². The van der Waals surface area contributed by atoms with Gasteiger partial charge < -0.3 is 19.0 Å². The molecule has 1 aliphatic heterocycles. The maximum Gasteiger partial charge on any atom is 0.192 e. The molecule has 1 aliphatic rings. The van der Waals surface area contributed by atoms with Gasteiger partial charge in [0, 0.05) is 0 Å². The van der Waals surface area contributed by atoms with Crippen LogP contribution in [0.4, 0.5) is 0 Å². The fourth-order valence-corrected chi connectivity index (χ4v) is 9.90. The van der Waals surface area contributed by atoms with E-state index in [-0.39, 0.29) is 16.8 Å². The number of rotatable bonds is 12. The molecule has 0 saturated carbocycles. The fraction of sp³-hybridized carbons (Fsp3) is 0.913. The molecule has 0 aliphatic carbocycles. The molecule has 0 unspecified atom stereocenters. The topological polar surface area (TPSA) is 47.9 Å². The lowest BCUT2D eigenvalue weighted by atomic mass is 10.0. The first-order valence-corrected chi connectivity index (χ1v) is 20.0. The summed E-state index contributed by atoms with van der Waals surface area (Å²) >= 11 is 3.78. The quantitative estimate of drug-likeness (QED) is 0.200. The SMILES string of the molecule is CCSC(SCC)[C@H]1OC(C)(C)O[C@@H]1[C@H](O[Si](CC)(CC)CC)[C@H](O)C#C[Si](C)(C)C. The summed E-state index contributed by atoms with van der Waals surface area (Å²) in [6, 6.07) is 3.05. The average molecular weight is 507 g/mol. The van der Waals surface area contributed by atoms with Gasteiger partial charge in [0.15, 0.2) is 14.1 Å². The Hall–Kier alpha value is 0.534. The van der Waals surface area contributed by atoms with Gasteiger partial charge in [0.05, 0.1) is 4.58 Å². The van der Waals surface area contributed by atoms with Gasteiger partial charge in [0.1, 0.15) is 32.5 Å². The van der Waals surface area contributed by atoms with E-state index in [2.05, 4.69) is 65.7 Å². The van der Waals surface area contributed by atoms with Crippen LogP contribution in [-0.2, 0) is 13.9 Å². The van der Waals surface area contributed by atoms with Gasteiger partial charge >= 0.3 is 0 Å². The first-order valence-electron chi connectivity index (χ1n) is 11.8. The van der Waals surface area contributed by atoms with Crippen molar-refractivity contribution in [2.75, 3.05) is 11.5 Å². The Labute approximate surface area is 202 Å². The molecule has 182 valence electrons. The van der Waals surface area contributed by atoms with Gasteiger partial charge in [-0.1, -0.05) is 60.2 Å². The molecule has 4 atom stereocenters. The molecule has 0 aromatic heterocycles. The van der Waals surface area contributed by atoms with Gasteiger partial charge in [0.2, 0.25) is 0 Å². The Balaban J connectivity index is 3.41. The highest BCUT2D eigenvalue weighted by molar-refractivity contribution is 8.17. The van der Waals surface area contributed by atoms with Crippen LogP contribution >= 0.6 is 23.5 Å². The van der Waals surface area contributed by atoms with Gasteiger partial charge in [-0.3, -0.25) is 0 Å². The van der Waals surface area contributed by atoms with Gasteiger partial charge in [-0.15, -0.1) is 29.1 Å². The lowest BCUT2D eigenvalue weighted by Gasteiger charge is -2.38. The number of ether oxygens (including phenoxy) is 2. The van der Waals surface area contributed by atoms with E-state index in [9.17, 15) is 5.11 Å². The van der Waals surface area contributed by atoms with Crippen molar-refractivity contribution in [3.63, 3.8) is 0 Å². The summed E-state index contributed by atoms with van der Waals surface area (Å²) in [4.78, 5) is 0. The van der Waals surface area contributed by atoms with Crippen LogP contribution in [0, 0.1) is 11.5 Å². The van der Waals surface area contributed by atoms with Crippen LogP contribution in [0.2, 0.25) is 37.8 Å². The van der Waals surface area contributed by atoms with Crippen LogP contribution in [0.15, 0.2) is 0 Å². The summed E-state index contributed by atoms with van der Waals surface area (Å²) in [5, 5.41) is 11.3. The van der Waals surface area contributed by atoms with Crippen LogP contribution in [-0.4, -0.2) is 67.8 Å². The molecule has 0 aromatic rings. The Morgan fingerprint density at radius 1 is 0.935 bits per heavy atom. The molecule has 0 aromatic carbocycles. The lowest BCUT2D eigenvalue weighted by Crippen LogP contribution is -2.53. The third-order valence-electron chi connectivity index (χ3n) is 5.64. The molecule has 1 heterocycles. The summed E-state index contributed by atoms with van der Waals surface area (Å²) in [6.07, 6.45) is -1.89. The van der Waals surface area contributed by atoms with E-state index < -0.39 is 34.4 Å². The highest BCUT2D eigenvalue weighted by atomic mass is 32.2. The van der Waals surface area contributed by atoms with E-state index in [0.717, 1.165) is 29.6 Å². The standard InChI is InChI=1S/C23H46O4S2Si2/c1-11-28-22(29-12-2)21-20(25-23(6,7)26-21)19(18(24)16-17-30(8,9)10)27-31(13-3,14-4)15-5/h18-22,24H,11-15H2,1-10H3/t18-,19-,20-,21+/m1/s1. The van der Waals surface area contributed by atoms with Crippen molar-refractivity contribution in [2.45, 2.75) is 121 Å². The number of hydrogen-bond donors (Lipinski definition) is 1. The van der Waals surface area contributed by atoms with Gasteiger partial charge in [0.25, 0.3) is 0 Å². The monoisotopic (exact) mass is 506 g/mol. The number of thioether (sulfide) groups is 2. The molecule has 8 heteroatoms. The fourth-order valence-electron chi connectivity index (χ4n) is 3.82. The molecule has 4 nitrogen and oxygen atoms in total. The molecule has 1 fully saturated rings. The van der Waals surface area contributed by atoms with Crippen LogP contribution in [0.25, 0.3) is 0 Å². The van der Waals surface area contributed by atoms with E-state index in [1.165, 1.54) is 0 Å². The summed E-state index contributed by atoms with van der Waals surface area (Å²) in [5.74, 6) is 4.46. The van der Waals surface area contributed by atoms with Crippen molar-refractivity contribution >= 4 is 39.9 Å². The highest BCUT2D eigenvalue weighted by Crippen LogP contribution is 2.42. The molecular weight excluding hydrogens is 461 g/mol. The van der Waals surface area contributed by atoms with Crippen LogP contribution < -0.4 is 0 Å². The summed E-state index contributed by atoms with van der Waals surface area (Å²) in [5.41, 5.74) is 3.35. The summed E-state index contributed by atoms with van der Waals surface area (Å²) < 4.78 is 20.0. The average Bonchev–Trinajstić information content (AvgIpc) is 3.02. The number of aliphatic hydroxyl groups excluding tert-OH is 1. The third-order valence-corrected chi connectivity index (χ3v) is 13.9. The zero-order chi connectivity index (χ0) is 23.9. The molecule has 0 radical (unpaired) electrons. The predicted octanol–water partition coefficient (Wildman–Crippen LogP) is 5.97.